The van der Waals surface area contributed by atoms with Crippen LogP contribution in [0.25, 0.3) is 0 Å². The van der Waals surface area contributed by atoms with Gasteiger partial charge in [-0.05, 0) is 45.4 Å². The number of methoxy groups -OCH3 is 1. The molecule has 0 radical (unpaired) electrons. The number of Topliss-reactive ketones (excluding diaryl/α,β-unsaturated/α-hetero) is 1. The Kier molecular flexibility index (Phi) is 6.70. The van der Waals surface area contributed by atoms with Crippen molar-refractivity contribution in [3.8, 4) is 0 Å². The second-order valence-corrected chi connectivity index (χ2v) is 8.94. The van der Waals surface area contributed by atoms with Gasteiger partial charge in [-0.3, -0.25) is 4.79 Å². The van der Waals surface area contributed by atoms with Crippen molar-refractivity contribution < 1.29 is 22.7 Å². The van der Waals surface area contributed by atoms with Gasteiger partial charge in [0.1, 0.15) is 5.69 Å². The first-order valence-electron chi connectivity index (χ1n) is 9.35. The average Bonchev–Trinajstić information content (AvgIpc) is 2.90. The van der Waals surface area contributed by atoms with E-state index in [0.29, 0.717) is 16.8 Å². The smallest absolute Gasteiger partial charge is 0.354 e. The highest BCUT2D eigenvalue weighted by Crippen LogP contribution is 2.26. The van der Waals surface area contributed by atoms with Crippen LogP contribution in [0.4, 0.5) is 0 Å². The number of carbonyl (C=O) groups excluding carboxylic acids is 2. The first kappa shape index (κ1) is 22.8. The second-order valence-electron chi connectivity index (χ2n) is 7.05. The number of aryl methyl sites for hydroxylation is 1. The molecule has 0 aliphatic carbocycles. The Balaban J connectivity index is 2.50. The molecule has 2 aromatic rings. The van der Waals surface area contributed by atoms with Crippen molar-refractivity contribution in [2.75, 3.05) is 13.7 Å². The monoisotopic (exact) mass is 420 g/mol. The number of hydrogen-bond acceptors (Lipinski definition) is 5. The fourth-order valence-corrected chi connectivity index (χ4v) is 5.17. The topological polar surface area (TPSA) is 85.7 Å². The van der Waals surface area contributed by atoms with E-state index in [1.54, 1.807) is 63.6 Å². The standard InChI is InChI=1S/C21H28N2O5S/c1-8-23(29(26,27)17-11-9-13(2)10-12-17)16(5)20(24)18-14(3)19(21(25)28-7)22(6)15(18)4/h9-12,16H,8H2,1-7H3/t16-/m0/s1. The summed E-state index contributed by atoms with van der Waals surface area (Å²) in [5, 5.41) is 0. The van der Waals surface area contributed by atoms with Crippen LogP contribution in [-0.4, -0.2) is 48.7 Å². The number of likely N-dealkylation sites (N-methyl/N-ethyl adjacent to an activating group) is 1. The molecule has 158 valence electrons. The van der Waals surface area contributed by atoms with Crippen LogP contribution in [0.15, 0.2) is 29.2 Å². The van der Waals surface area contributed by atoms with Crippen LogP contribution in [0.2, 0.25) is 0 Å². The lowest BCUT2D eigenvalue weighted by Gasteiger charge is -2.26. The number of hydrogen-bond donors (Lipinski definition) is 0. The number of ether oxygens (including phenoxy) is 1. The Morgan fingerprint density at radius 2 is 1.69 bits per heavy atom. The number of aromatic nitrogens is 1. The molecule has 2 rings (SSSR count). The third-order valence-electron chi connectivity index (χ3n) is 5.31. The predicted octanol–water partition coefficient (Wildman–Crippen LogP) is 3.02. The molecule has 0 aliphatic heterocycles. The maximum Gasteiger partial charge on any atom is 0.354 e. The third-order valence-corrected chi connectivity index (χ3v) is 7.37. The van der Waals surface area contributed by atoms with Gasteiger partial charge in [0.15, 0.2) is 5.78 Å². The summed E-state index contributed by atoms with van der Waals surface area (Å²) in [6.07, 6.45) is 0. The zero-order valence-electron chi connectivity index (χ0n) is 17.9. The normalized spacial score (nSPS) is 12.8. The number of benzene rings is 1. The Morgan fingerprint density at radius 1 is 1.14 bits per heavy atom. The van der Waals surface area contributed by atoms with E-state index in [1.807, 2.05) is 6.92 Å². The Labute approximate surface area is 172 Å². The molecule has 7 nitrogen and oxygen atoms in total. The van der Waals surface area contributed by atoms with Crippen molar-refractivity contribution in [2.45, 2.75) is 45.6 Å². The quantitative estimate of drug-likeness (QED) is 0.508. The zero-order valence-corrected chi connectivity index (χ0v) is 18.8. The minimum absolute atomic E-state index is 0.137. The lowest BCUT2D eigenvalue weighted by Crippen LogP contribution is -2.43. The molecule has 0 N–H and O–H groups in total. The molecule has 8 heteroatoms. The molecule has 1 atom stereocenters. The first-order valence-corrected chi connectivity index (χ1v) is 10.8. The van der Waals surface area contributed by atoms with Gasteiger partial charge in [-0.2, -0.15) is 4.31 Å². The van der Waals surface area contributed by atoms with Crippen LogP contribution in [0.3, 0.4) is 0 Å². The van der Waals surface area contributed by atoms with E-state index in [0.717, 1.165) is 5.56 Å². The van der Waals surface area contributed by atoms with Crippen LogP contribution in [0.5, 0.6) is 0 Å². The van der Waals surface area contributed by atoms with Crippen molar-refractivity contribution in [3.63, 3.8) is 0 Å². The molecule has 0 saturated heterocycles. The summed E-state index contributed by atoms with van der Waals surface area (Å²) in [4.78, 5) is 25.6. The van der Waals surface area contributed by atoms with Crippen LogP contribution >= 0.6 is 0 Å². The molecular formula is C21H28N2O5S. The fourth-order valence-electron chi connectivity index (χ4n) is 3.56. The fraction of sp³-hybridized carbons (Fsp3) is 0.429. The van der Waals surface area contributed by atoms with Crippen LogP contribution < -0.4 is 0 Å². The number of nitrogens with zero attached hydrogens (tertiary/aromatic N) is 2. The van der Waals surface area contributed by atoms with Gasteiger partial charge in [-0.25, -0.2) is 13.2 Å². The van der Waals surface area contributed by atoms with Gasteiger partial charge in [0.2, 0.25) is 10.0 Å². The van der Waals surface area contributed by atoms with Gasteiger partial charge < -0.3 is 9.30 Å². The molecule has 29 heavy (non-hydrogen) atoms. The van der Waals surface area contributed by atoms with E-state index in [9.17, 15) is 18.0 Å². The van der Waals surface area contributed by atoms with Gasteiger partial charge in [0.25, 0.3) is 0 Å². The van der Waals surface area contributed by atoms with Crippen molar-refractivity contribution in [2.24, 2.45) is 7.05 Å². The highest BCUT2D eigenvalue weighted by atomic mass is 32.2. The molecule has 0 spiro atoms. The molecule has 0 unspecified atom stereocenters. The predicted molar refractivity (Wildman–Crippen MR) is 111 cm³/mol. The largest absolute Gasteiger partial charge is 0.464 e. The summed E-state index contributed by atoms with van der Waals surface area (Å²) >= 11 is 0. The van der Waals surface area contributed by atoms with E-state index in [4.69, 9.17) is 4.74 Å². The molecule has 1 aromatic heterocycles. The van der Waals surface area contributed by atoms with Crippen LogP contribution in [-0.2, 0) is 21.8 Å². The Hall–Kier alpha value is -2.45. The summed E-state index contributed by atoms with van der Waals surface area (Å²) < 4.78 is 33.9. The van der Waals surface area contributed by atoms with E-state index in [1.165, 1.54) is 11.4 Å². The number of ketones is 1. The van der Waals surface area contributed by atoms with E-state index >= 15 is 0 Å². The molecule has 0 aliphatic rings. The summed E-state index contributed by atoms with van der Waals surface area (Å²) in [5.41, 5.74) is 2.64. The maximum atomic E-state index is 13.3. The second kappa shape index (κ2) is 8.51. The molecule has 0 saturated carbocycles. The minimum Gasteiger partial charge on any atom is -0.464 e. The molecular weight excluding hydrogens is 392 g/mol. The Bertz CT molecular complexity index is 1040. The van der Waals surface area contributed by atoms with Gasteiger partial charge in [0.05, 0.1) is 18.0 Å². The van der Waals surface area contributed by atoms with Gasteiger partial charge in [0, 0.05) is 24.8 Å². The van der Waals surface area contributed by atoms with Crippen molar-refractivity contribution in [1.82, 2.24) is 8.87 Å². The van der Waals surface area contributed by atoms with Gasteiger partial charge >= 0.3 is 5.97 Å². The summed E-state index contributed by atoms with van der Waals surface area (Å²) in [6.45, 7) is 8.67. The summed E-state index contributed by atoms with van der Waals surface area (Å²) in [5.74, 6) is -0.900. The highest BCUT2D eigenvalue weighted by molar-refractivity contribution is 7.89. The number of rotatable bonds is 7. The van der Waals surface area contributed by atoms with Crippen molar-refractivity contribution >= 4 is 21.8 Å². The summed E-state index contributed by atoms with van der Waals surface area (Å²) in [7, 11) is -0.900. The maximum absolute atomic E-state index is 13.3. The van der Waals surface area contributed by atoms with E-state index < -0.39 is 22.0 Å². The lowest BCUT2D eigenvalue weighted by molar-refractivity contribution is 0.0588. The average molecular weight is 421 g/mol. The molecule has 1 aromatic carbocycles. The highest BCUT2D eigenvalue weighted by Gasteiger charge is 2.35. The van der Waals surface area contributed by atoms with Crippen LogP contribution in [0.1, 0.15) is 51.5 Å². The van der Waals surface area contributed by atoms with Crippen molar-refractivity contribution in [1.29, 1.82) is 0 Å². The van der Waals surface area contributed by atoms with E-state index in [-0.39, 0.29) is 22.9 Å². The number of esters is 1. The van der Waals surface area contributed by atoms with Crippen LogP contribution in [0, 0.1) is 20.8 Å². The molecule has 0 fully saturated rings. The molecule has 0 bridgehead atoms. The Morgan fingerprint density at radius 3 is 2.17 bits per heavy atom. The van der Waals surface area contributed by atoms with E-state index in [2.05, 4.69) is 0 Å². The molecule has 0 amide bonds. The lowest BCUT2D eigenvalue weighted by atomic mass is 10.0. The minimum atomic E-state index is -3.86. The molecule has 1 heterocycles. The number of sulfonamides is 1. The van der Waals surface area contributed by atoms with Crippen molar-refractivity contribution in [3.05, 3.63) is 52.3 Å². The SMILES string of the molecule is CCN([C@@H](C)C(=O)c1c(C)c(C(=O)OC)n(C)c1C)S(=O)(=O)c1ccc(C)cc1. The number of carbonyl (C=O) groups is 2. The zero-order chi connectivity index (χ0) is 22.1. The third kappa shape index (κ3) is 4.00. The first-order chi connectivity index (χ1) is 13.5. The summed E-state index contributed by atoms with van der Waals surface area (Å²) in [6, 6.07) is 5.59. The van der Waals surface area contributed by atoms with Gasteiger partial charge in [-0.1, -0.05) is 24.6 Å². The van der Waals surface area contributed by atoms with Gasteiger partial charge in [-0.15, -0.1) is 0 Å².